The Balaban J connectivity index is 2.22. The normalized spacial score (nSPS) is 10.2. The van der Waals surface area contributed by atoms with E-state index in [-0.39, 0.29) is 5.91 Å². The molecular weight excluding hydrogens is 308 g/mol. The number of anilines is 2. The lowest BCUT2D eigenvalue weighted by molar-refractivity contribution is 0.0767. The highest BCUT2D eigenvalue weighted by Crippen LogP contribution is 2.30. The highest BCUT2D eigenvalue weighted by molar-refractivity contribution is 5.92. The Morgan fingerprint density at radius 1 is 1.12 bits per heavy atom. The third-order valence-electron chi connectivity index (χ3n) is 3.57. The molecule has 2 rings (SSSR count). The van der Waals surface area contributed by atoms with Crippen molar-refractivity contribution in [2.75, 3.05) is 32.6 Å². The fourth-order valence-electron chi connectivity index (χ4n) is 2.25. The van der Waals surface area contributed by atoms with Gasteiger partial charge in [-0.1, -0.05) is 0 Å². The molecule has 1 amide bonds. The summed E-state index contributed by atoms with van der Waals surface area (Å²) in [6, 6.07) is 7.00. The molecule has 7 nitrogen and oxygen atoms in total. The van der Waals surface area contributed by atoms with E-state index in [2.05, 4.69) is 15.3 Å². The van der Waals surface area contributed by atoms with Crippen molar-refractivity contribution in [3.05, 3.63) is 36.2 Å². The van der Waals surface area contributed by atoms with Gasteiger partial charge in [-0.3, -0.25) is 4.79 Å². The molecule has 0 fully saturated rings. The molecule has 2 aromatic rings. The maximum atomic E-state index is 12.4. The quantitative estimate of drug-likeness (QED) is 0.841. The van der Waals surface area contributed by atoms with Crippen molar-refractivity contribution in [2.45, 2.75) is 13.8 Å². The summed E-state index contributed by atoms with van der Waals surface area (Å²) < 4.78 is 10.5. The van der Waals surface area contributed by atoms with Gasteiger partial charge in [-0.05, 0) is 32.0 Å². The van der Waals surface area contributed by atoms with Crippen LogP contribution in [0.4, 0.5) is 11.6 Å². The van der Waals surface area contributed by atoms with Gasteiger partial charge in [-0.25, -0.2) is 9.97 Å². The molecule has 1 heterocycles. The second-order valence-electron chi connectivity index (χ2n) is 4.94. The topological polar surface area (TPSA) is 76.6 Å². The maximum Gasteiger partial charge on any atom is 0.272 e. The minimum atomic E-state index is -0.113. The Labute approximate surface area is 141 Å². The van der Waals surface area contributed by atoms with Gasteiger partial charge >= 0.3 is 0 Å². The molecule has 0 bridgehead atoms. The van der Waals surface area contributed by atoms with Crippen molar-refractivity contribution in [1.82, 2.24) is 14.9 Å². The molecular formula is C17H22N4O3. The van der Waals surface area contributed by atoms with Crippen molar-refractivity contribution >= 4 is 17.5 Å². The van der Waals surface area contributed by atoms with Crippen LogP contribution in [0.25, 0.3) is 0 Å². The Morgan fingerprint density at radius 3 is 2.46 bits per heavy atom. The smallest absolute Gasteiger partial charge is 0.272 e. The van der Waals surface area contributed by atoms with Crippen LogP contribution in [0, 0.1) is 0 Å². The number of methoxy groups -OCH3 is 2. The van der Waals surface area contributed by atoms with E-state index in [0.29, 0.717) is 36.2 Å². The van der Waals surface area contributed by atoms with E-state index in [1.54, 1.807) is 43.5 Å². The first kappa shape index (κ1) is 17.5. The van der Waals surface area contributed by atoms with E-state index in [0.717, 1.165) is 5.69 Å². The first-order valence-corrected chi connectivity index (χ1v) is 7.74. The molecule has 0 aliphatic carbocycles. The standard InChI is InChI=1S/C17H22N4O3/c1-5-21(6-2)16(22)13-9-10-18-17(20-13)19-12-7-8-14(23-3)15(11-12)24-4/h7-11H,5-6H2,1-4H3,(H,18,19,20). The Hall–Kier alpha value is -2.83. The molecule has 0 unspecified atom stereocenters. The molecule has 0 aliphatic rings. The van der Waals surface area contributed by atoms with Crippen molar-refractivity contribution in [1.29, 1.82) is 0 Å². The number of benzene rings is 1. The number of aromatic nitrogens is 2. The predicted octanol–water partition coefficient (Wildman–Crippen LogP) is 2.72. The first-order valence-electron chi connectivity index (χ1n) is 7.74. The van der Waals surface area contributed by atoms with Crippen LogP contribution < -0.4 is 14.8 Å². The average Bonchev–Trinajstić information content (AvgIpc) is 2.62. The number of amides is 1. The summed E-state index contributed by atoms with van der Waals surface area (Å²) in [5.41, 5.74) is 1.09. The predicted molar refractivity (Wildman–Crippen MR) is 92.1 cm³/mol. The fraction of sp³-hybridized carbons (Fsp3) is 0.353. The second-order valence-corrected chi connectivity index (χ2v) is 4.94. The molecule has 24 heavy (non-hydrogen) atoms. The van der Waals surface area contributed by atoms with Crippen molar-refractivity contribution in [3.8, 4) is 11.5 Å². The van der Waals surface area contributed by atoms with Gasteiger partial charge in [0, 0.05) is 31.0 Å². The number of rotatable bonds is 7. The zero-order valence-corrected chi connectivity index (χ0v) is 14.4. The van der Waals surface area contributed by atoms with Crippen LogP contribution in [0.15, 0.2) is 30.5 Å². The number of nitrogens with one attached hydrogen (secondary N) is 1. The molecule has 1 N–H and O–H groups in total. The van der Waals surface area contributed by atoms with Crippen molar-refractivity contribution in [3.63, 3.8) is 0 Å². The molecule has 7 heteroatoms. The lowest BCUT2D eigenvalue weighted by Gasteiger charge is -2.18. The number of carbonyl (C=O) groups is 1. The van der Waals surface area contributed by atoms with Crippen molar-refractivity contribution in [2.24, 2.45) is 0 Å². The minimum absolute atomic E-state index is 0.113. The van der Waals surface area contributed by atoms with E-state index in [1.807, 2.05) is 19.9 Å². The summed E-state index contributed by atoms with van der Waals surface area (Å²) in [6.45, 7) is 5.15. The van der Waals surface area contributed by atoms with E-state index in [4.69, 9.17) is 9.47 Å². The van der Waals surface area contributed by atoms with Crippen LogP contribution >= 0.6 is 0 Å². The van der Waals surface area contributed by atoms with Gasteiger partial charge in [0.1, 0.15) is 5.69 Å². The number of nitrogens with zero attached hydrogens (tertiary/aromatic N) is 3. The van der Waals surface area contributed by atoms with Gasteiger partial charge < -0.3 is 19.7 Å². The van der Waals surface area contributed by atoms with Gasteiger partial charge in [0.2, 0.25) is 5.95 Å². The van der Waals surface area contributed by atoms with Crippen molar-refractivity contribution < 1.29 is 14.3 Å². The van der Waals surface area contributed by atoms with Gasteiger partial charge in [0.15, 0.2) is 11.5 Å². The molecule has 0 saturated carbocycles. The molecule has 0 spiro atoms. The second kappa shape index (κ2) is 8.14. The summed E-state index contributed by atoms with van der Waals surface area (Å²) in [4.78, 5) is 22.5. The van der Waals surface area contributed by atoms with Gasteiger partial charge in [0.25, 0.3) is 5.91 Å². The molecule has 1 aromatic heterocycles. The summed E-state index contributed by atoms with van der Waals surface area (Å²) in [7, 11) is 3.15. The van der Waals surface area contributed by atoms with Crippen LogP contribution in [0.2, 0.25) is 0 Å². The number of hydrogen-bond acceptors (Lipinski definition) is 6. The highest BCUT2D eigenvalue weighted by atomic mass is 16.5. The van der Waals surface area contributed by atoms with Crippen LogP contribution in [0.5, 0.6) is 11.5 Å². The van der Waals surface area contributed by atoms with Gasteiger partial charge in [-0.15, -0.1) is 0 Å². The third kappa shape index (κ3) is 3.92. The molecule has 0 atom stereocenters. The lowest BCUT2D eigenvalue weighted by atomic mass is 10.2. The van der Waals surface area contributed by atoms with Crippen LogP contribution in [-0.4, -0.2) is 48.1 Å². The first-order chi connectivity index (χ1) is 11.6. The third-order valence-corrected chi connectivity index (χ3v) is 3.57. The Bertz CT molecular complexity index is 702. The van der Waals surface area contributed by atoms with Gasteiger partial charge in [0.05, 0.1) is 14.2 Å². The van der Waals surface area contributed by atoms with E-state index >= 15 is 0 Å². The molecule has 0 aliphatic heterocycles. The molecule has 128 valence electrons. The Kier molecular flexibility index (Phi) is 5.95. The van der Waals surface area contributed by atoms with Crippen LogP contribution in [0.3, 0.4) is 0 Å². The van der Waals surface area contributed by atoms with Gasteiger partial charge in [-0.2, -0.15) is 0 Å². The van der Waals surface area contributed by atoms with E-state index in [9.17, 15) is 4.79 Å². The Morgan fingerprint density at radius 2 is 1.83 bits per heavy atom. The molecule has 0 saturated heterocycles. The zero-order valence-electron chi connectivity index (χ0n) is 14.4. The zero-order chi connectivity index (χ0) is 17.5. The SMILES string of the molecule is CCN(CC)C(=O)c1ccnc(Nc2ccc(OC)c(OC)c2)n1. The minimum Gasteiger partial charge on any atom is -0.493 e. The summed E-state index contributed by atoms with van der Waals surface area (Å²) in [5, 5.41) is 3.07. The summed E-state index contributed by atoms with van der Waals surface area (Å²) in [6.07, 6.45) is 1.56. The van der Waals surface area contributed by atoms with E-state index < -0.39 is 0 Å². The van der Waals surface area contributed by atoms with Crippen LogP contribution in [0.1, 0.15) is 24.3 Å². The largest absolute Gasteiger partial charge is 0.493 e. The highest BCUT2D eigenvalue weighted by Gasteiger charge is 2.15. The summed E-state index contributed by atoms with van der Waals surface area (Å²) >= 11 is 0. The lowest BCUT2D eigenvalue weighted by Crippen LogP contribution is -2.31. The monoisotopic (exact) mass is 330 g/mol. The average molecular weight is 330 g/mol. The number of hydrogen-bond donors (Lipinski definition) is 1. The number of ether oxygens (including phenoxy) is 2. The van der Waals surface area contributed by atoms with Crippen LogP contribution in [-0.2, 0) is 0 Å². The maximum absolute atomic E-state index is 12.4. The summed E-state index contributed by atoms with van der Waals surface area (Å²) in [5.74, 6) is 1.46. The fourth-order valence-corrected chi connectivity index (χ4v) is 2.25. The molecule has 1 aromatic carbocycles. The number of carbonyl (C=O) groups excluding carboxylic acids is 1. The van der Waals surface area contributed by atoms with E-state index in [1.165, 1.54) is 0 Å². The molecule has 0 radical (unpaired) electrons.